The van der Waals surface area contributed by atoms with E-state index in [-0.39, 0.29) is 17.8 Å². The molecule has 2 aliphatic carbocycles. The van der Waals surface area contributed by atoms with Gasteiger partial charge in [-0.2, -0.15) is 0 Å². The molecule has 5 unspecified atom stereocenters. The summed E-state index contributed by atoms with van der Waals surface area (Å²) in [7, 11) is 0. The highest BCUT2D eigenvalue weighted by molar-refractivity contribution is 6.20. The first kappa shape index (κ1) is 19.2. The van der Waals surface area contributed by atoms with Crippen LogP contribution < -0.4 is 0 Å². The van der Waals surface area contributed by atoms with Gasteiger partial charge in [-0.15, -0.1) is 11.6 Å². The number of carbonyl (C=O) groups excluding carboxylic acids is 1. The molecule has 0 aliphatic heterocycles. The molecule has 2 rings (SSSR count). The summed E-state index contributed by atoms with van der Waals surface area (Å²) >= 11 is 6.36. The van der Waals surface area contributed by atoms with Crippen LogP contribution in [0.25, 0.3) is 0 Å². The van der Waals surface area contributed by atoms with E-state index in [1.165, 1.54) is 12.8 Å². The van der Waals surface area contributed by atoms with Crippen molar-refractivity contribution in [3.8, 4) is 0 Å². The predicted octanol–water partition coefficient (Wildman–Crippen LogP) is 5.06. The van der Waals surface area contributed by atoms with Gasteiger partial charge in [0, 0.05) is 11.3 Å². The summed E-state index contributed by atoms with van der Waals surface area (Å²) in [6.45, 7) is 8.86. The number of carbonyl (C=O) groups is 1. The van der Waals surface area contributed by atoms with E-state index in [9.17, 15) is 9.90 Å². The van der Waals surface area contributed by atoms with Gasteiger partial charge in [-0.05, 0) is 74.0 Å². The van der Waals surface area contributed by atoms with E-state index in [2.05, 4.69) is 13.8 Å². The van der Waals surface area contributed by atoms with Gasteiger partial charge in [0.05, 0.1) is 6.10 Å². The Labute approximate surface area is 147 Å². The fraction of sp³-hybridized carbons (Fsp3) is 0.950. The number of aldehydes is 1. The second-order valence-electron chi connectivity index (χ2n) is 9.09. The van der Waals surface area contributed by atoms with Gasteiger partial charge in [0.1, 0.15) is 6.29 Å². The zero-order valence-corrected chi connectivity index (χ0v) is 16.1. The van der Waals surface area contributed by atoms with E-state index in [0.29, 0.717) is 16.7 Å². The topological polar surface area (TPSA) is 37.3 Å². The minimum atomic E-state index is -0.480. The molecule has 0 aromatic carbocycles. The van der Waals surface area contributed by atoms with E-state index in [4.69, 9.17) is 11.6 Å². The van der Waals surface area contributed by atoms with E-state index >= 15 is 0 Å². The van der Waals surface area contributed by atoms with Crippen LogP contribution in [0.5, 0.6) is 0 Å². The Morgan fingerprint density at radius 2 is 1.83 bits per heavy atom. The summed E-state index contributed by atoms with van der Waals surface area (Å²) < 4.78 is 0. The Balaban J connectivity index is 2.05. The Kier molecular flexibility index (Phi) is 6.58. The first-order valence-electron chi connectivity index (χ1n) is 9.53. The van der Waals surface area contributed by atoms with Crippen LogP contribution in [0.3, 0.4) is 0 Å². The van der Waals surface area contributed by atoms with Crippen molar-refractivity contribution in [2.75, 3.05) is 0 Å². The predicted molar refractivity (Wildman–Crippen MR) is 96.6 cm³/mol. The third kappa shape index (κ3) is 4.51. The van der Waals surface area contributed by atoms with Crippen molar-refractivity contribution in [2.24, 2.45) is 35.0 Å². The zero-order chi connectivity index (χ0) is 17.2. The lowest BCUT2D eigenvalue weighted by Crippen LogP contribution is -2.33. The SMILES string of the molecule is CC(C)[C@@H](C=O)C(O)C1CCC(C2CCC(Cl)C2)C(C)(C)CC1. The molecule has 6 atom stereocenters. The highest BCUT2D eigenvalue weighted by atomic mass is 35.5. The monoisotopic (exact) mass is 342 g/mol. The molecule has 2 nitrogen and oxygen atoms in total. The molecule has 0 saturated heterocycles. The number of aliphatic hydroxyl groups excluding tert-OH is 1. The molecule has 23 heavy (non-hydrogen) atoms. The number of alkyl halides is 1. The molecule has 0 bridgehead atoms. The normalized spacial score (nSPS) is 37.3. The number of halogens is 1. The smallest absolute Gasteiger partial charge is 0.125 e. The lowest BCUT2D eigenvalue weighted by molar-refractivity contribution is -0.117. The van der Waals surface area contributed by atoms with Crippen molar-refractivity contribution in [3.63, 3.8) is 0 Å². The van der Waals surface area contributed by atoms with Crippen LogP contribution >= 0.6 is 11.6 Å². The summed E-state index contributed by atoms with van der Waals surface area (Å²) in [5, 5.41) is 11.1. The van der Waals surface area contributed by atoms with Crippen LogP contribution in [0.2, 0.25) is 0 Å². The molecule has 3 heteroatoms. The molecular weight excluding hydrogens is 308 g/mol. The van der Waals surface area contributed by atoms with Gasteiger partial charge in [0.2, 0.25) is 0 Å². The van der Waals surface area contributed by atoms with Crippen molar-refractivity contribution < 1.29 is 9.90 Å². The van der Waals surface area contributed by atoms with Gasteiger partial charge in [-0.1, -0.05) is 27.7 Å². The summed E-state index contributed by atoms with van der Waals surface area (Å²) in [5.74, 6) is 1.71. The summed E-state index contributed by atoms with van der Waals surface area (Å²) in [6.07, 6.45) is 8.48. The van der Waals surface area contributed by atoms with Gasteiger partial charge in [0.15, 0.2) is 0 Å². The third-order valence-electron chi connectivity index (χ3n) is 6.79. The fourth-order valence-corrected chi connectivity index (χ4v) is 5.51. The van der Waals surface area contributed by atoms with Gasteiger partial charge < -0.3 is 9.90 Å². The fourth-order valence-electron chi connectivity index (χ4n) is 5.16. The van der Waals surface area contributed by atoms with Gasteiger partial charge in [-0.25, -0.2) is 0 Å². The molecule has 0 heterocycles. The first-order valence-corrected chi connectivity index (χ1v) is 9.97. The van der Waals surface area contributed by atoms with Crippen LogP contribution in [-0.4, -0.2) is 22.9 Å². The van der Waals surface area contributed by atoms with Gasteiger partial charge in [-0.3, -0.25) is 0 Å². The van der Waals surface area contributed by atoms with Crippen LogP contribution in [0, 0.1) is 35.0 Å². The lowest BCUT2D eigenvalue weighted by Gasteiger charge is -2.37. The minimum Gasteiger partial charge on any atom is -0.392 e. The number of hydrogen-bond acceptors (Lipinski definition) is 2. The van der Waals surface area contributed by atoms with Crippen LogP contribution in [-0.2, 0) is 4.79 Å². The third-order valence-corrected chi connectivity index (χ3v) is 7.19. The van der Waals surface area contributed by atoms with Crippen molar-refractivity contribution >= 4 is 17.9 Å². The van der Waals surface area contributed by atoms with E-state index in [0.717, 1.165) is 44.3 Å². The Bertz CT molecular complexity index is 393. The quantitative estimate of drug-likeness (QED) is 0.431. The molecule has 1 N–H and O–H groups in total. The average Bonchev–Trinajstić information content (AvgIpc) is 2.81. The molecule has 0 aromatic heterocycles. The second-order valence-corrected chi connectivity index (χ2v) is 9.71. The molecule has 134 valence electrons. The van der Waals surface area contributed by atoms with Gasteiger partial charge >= 0.3 is 0 Å². The summed E-state index contributed by atoms with van der Waals surface area (Å²) in [4.78, 5) is 11.4. The van der Waals surface area contributed by atoms with Crippen molar-refractivity contribution in [2.45, 2.75) is 84.1 Å². The Morgan fingerprint density at radius 1 is 1.13 bits per heavy atom. The lowest BCUT2D eigenvalue weighted by atomic mass is 9.68. The molecule has 2 aliphatic rings. The Morgan fingerprint density at radius 3 is 2.35 bits per heavy atom. The van der Waals surface area contributed by atoms with Crippen molar-refractivity contribution in [1.29, 1.82) is 0 Å². The first-order chi connectivity index (χ1) is 10.8. The minimum absolute atomic E-state index is 0.210. The zero-order valence-electron chi connectivity index (χ0n) is 15.3. The van der Waals surface area contributed by atoms with Crippen LogP contribution in [0.4, 0.5) is 0 Å². The molecule has 0 amide bonds. The molecule has 2 fully saturated rings. The van der Waals surface area contributed by atoms with Crippen molar-refractivity contribution in [1.82, 2.24) is 0 Å². The number of aliphatic hydroxyl groups is 1. The van der Waals surface area contributed by atoms with E-state index < -0.39 is 6.10 Å². The van der Waals surface area contributed by atoms with Crippen LogP contribution in [0.15, 0.2) is 0 Å². The number of rotatable bonds is 5. The maximum atomic E-state index is 11.4. The number of hydrogen-bond donors (Lipinski definition) is 1. The molecule has 0 aromatic rings. The summed E-state index contributed by atoms with van der Waals surface area (Å²) in [5.41, 5.74) is 0.314. The van der Waals surface area contributed by atoms with Gasteiger partial charge in [0.25, 0.3) is 0 Å². The largest absolute Gasteiger partial charge is 0.392 e. The molecule has 0 spiro atoms. The van der Waals surface area contributed by atoms with Crippen LogP contribution in [0.1, 0.15) is 72.6 Å². The Hall–Kier alpha value is -0.0800. The van der Waals surface area contributed by atoms with E-state index in [1.807, 2.05) is 13.8 Å². The average molecular weight is 343 g/mol. The molecule has 2 saturated carbocycles. The van der Waals surface area contributed by atoms with Crippen molar-refractivity contribution in [3.05, 3.63) is 0 Å². The summed E-state index contributed by atoms with van der Waals surface area (Å²) in [6, 6.07) is 0. The second kappa shape index (κ2) is 7.87. The highest BCUT2D eigenvalue weighted by Crippen LogP contribution is 2.50. The van der Waals surface area contributed by atoms with E-state index in [1.54, 1.807) is 0 Å². The maximum Gasteiger partial charge on any atom is 0.125 e. The maximum absolute atomic E-state index is 11.4. The molecular formula is C20H35ClO2. The molecule has 0 radical (unpaired) electrons. The standard InChI is InChI=1S/C20H35ClO2/c1-13(2)17(12-22)19(23)14-6-8-18(20(3,4)10-9-14)15-5-7-16(21)11-15/h12-19,23H,5-11H2,1-4H3/t14?,15?,16?,17-,18?,19?/m1/s1. The highest BCUT2D eigenvalue weighted by Gasteiger charge is 2.42.